The zero-order chi connectivity index (χ0) is 18.2. The van der Waals surface area contributed by atoms with E-state index in [1.165, 1.54) is 18.4 Å². The molecule has 0 spiro atoms. The molecule has 7 heteroatoms. The number of hydrogen-bond acceptors (Lipinski definition) is 5. The third kappa shape index (κ3) is 5.47. The number of para-hydroxylation sites is 1. The number of aryl methyl sites for hydroxylation is 1. The number of unbranched alkanes of at least 4 members (excludes halogenated alkanes) is 1. The molecule has 1 heterocycles. The number of halogens is 1. The molecule has 0 aliphatic rings. The molecule has 25 heavy (non-hydrogen) atoms. The molecule has 1 aromatic heterocycles. The molecule has 0 aliphatic carbocycles. The van der Waals surface area contributed by atoms with Crippen LogP contribution in [0.25, 0.3) is 0 Å². The highest BCUT2D eigenvalue weighted by Gasteiger charge is 2.18. The summed E-state index contributed by atoms with van der Waals surface area (Å²) in [5.41, 5.74) is 0.365. The lowest BCUT2D eigenvalue weighted by molar-refractivity contribution is -0.118. The molecule has 1 aromatic carbocycles. The van der Waals surface area contributed by atoms with Gasteiger partial charge in [-0.05, 0) is 31.0 Å². The van der Waals surface area contributed by atoms with Crippen molar-refractivity contribution in [3.8, 4) is 5.75 Å². The molecule has 0 saturated carbocycles. The monoisotopic (exact) mass is 381 g/mol. The SMILES string of the molecule is CCCCc1cc(C(=O)OC)c(NC(=O)COc2ccccc2Cl)s1. The van der Waals surface area contributed by atoms with E-state index in [0.717, 1.165) is 24.1 Å². The summed E-state index contributed by atoms with van der Waals surface area (Å²) in [5, 5.41) is 3.63. The number of hydrogen-bond donors (Lipinski definition) is 1. The van der Waals surface area contributed by atoms with Crippen molar-refractivity contribution in [2.75, 3.05) is 19.0 Å². The molecule has 0 aliphatic heterocycles. The van der Waals surface area contributed by atoms with Crippen LogP contribution in [0.1, 0.15) is 35.0 Å². The molecule has 0 fully saturated rings. The van der Waals surface area contributed by atoms with Crippen molar-refractivity contribution in [1.29, 1.82) is 0 Å². The second-order valence-corrected chi connectivity index (χ2v) is 6.86. The molecule has 0 saturated heterocycles. The summed E-state index contributed by atoms with van der Waals surface area (Å²) in [4.78, 5) is 25.1. The number of carbonyl (C=O) groups is 2. The molecule has 1 amide bonds. The fraction of sp³-hybridized carbons (Fsp3) is 0.333. The van der Waals surface area contributed by atoms with Crippen molar-refractivity contribution in [2.24, 2.45) is 0 Å². The van der Waals surface area contributed by atoms with Crippen LogP contribution < -0.4 is 10.1 Å². The number of ether oxygens (including phenoxy) is 2. The Bertz CT molecular complexity index is 744. The van der Waals surface area contributed by atoms with Crippen LogP contribution in [0.2, 0.25) is 5.02 Å². The van der Waals surface area contributed by atoms with Crippen molar-refractivity contribution in [2.45, 2.75) is 26.2 Å². The Morgan fingerprint density at radius 2 is 2.04 bits per heavy atom. The van der Waals surface area contributed by atoms with Crippen LogP contribution in [0.3, 0.4) is 0 Å². The number of rotatable bonds is 8. The highest BCUT2D eigenvalue weighted by molar-refractivity contribution is 7.16. The zero-order valence-corrected chi connectivity index (χ0v) is 15.7. The maximum absolute atomic E-state index is 12.2. The summed E-state index contributed by atoms with van der Waals surface area (Å²) >= 11 is 7.37. The summed E-state index contributed by atoms with van der Waals surface area (Å²) in [6.07, 6.45) is 2.93. The summed E-state index contributed by atoms with van der Waals surface area (Å²) < 4.78 is 10.2. The second-order valence-electron chi connectivity index (χ2n) is 5.32. The molecule has 0 atom stereocenters. The molecule has 1 N–H and O–H groups in total. The van der Waals surface area contributed by atoms with Gasteiger partial charge in [-0.15, -0.1) is 11.3 Å². The molecule has 0 radical (unpaired) electrons. The molecule has 0 bridgehead atoms. The van der Waals surface area contributed by atoms with Gasteiger partial charge in [0.15, 0.2) is 6.61 Å². The quantitative estimate of drug-likeness (QED) is 0.681. The van der Waals surface area contributed by atoms with Crippen LogP contribution in [0, 0.1) is 0 Å². The number of esters is 1. The molecule has 2 rings (SSSR count). The number of thiophene rings is 1. The van der Waals surface area contributed by atoms with Gasteiger partial charge >= 0.3 is 5.97 Å². The van der Waals surface area contributed by atoms with Crippen molar-refractivity contribution in [3.63, 3.8) is 0 Å². The van der Waals surface area contributed by atoms with E-state index in [-0.39, 0.29) is 12.5 Å². The summed E-state index contributed by atoms with van der Waals surface area (Å²) in [5.74, 6) is -0.405. The standard InChI is InChI=1S/C18H20ClNO4S/c1-3-4-7-12-10-13(18(22)23-2)17(25-12)20-16(21)11-24-15-9-6-5-8-14(15)19/h5-6,8-10H,3-4,7,11H2,1-2H3,(H,20,21). The highest BCUT2D eigenvalue weighted by atomic mass is 35.5. The lowest BCUT2D eigenvalue weighted by Gasteiger charge is -2.08. The van der Waals surface area contributed by atoms with Gasteiger partial charge in [-0.1, -0.05) is 37.1 Å². The molecule has 0 unspecified atom stereocenters. The van der Waals surface area contributed by atoms with E-state index in [1.807, 2.05) is 0 Å². The maximum atomic E-state index is 12.2. The van der Waals surface area contributed by atoms with Crippen molar-refractivity contribution in [3.05, 3.63) is 45.8 Å². The highest BCUT2D eigenvalue weighted by Crippen LogP contribution is 2.30. The molecule has 134 valence electrons. The largest absolute Gasteiger partial charge is 0.482 e. The average Bonchev–Trinajstić information content (AvgIpc) is 3.01. The first kappa shape index (κ1) is 19.3. The minimum Gasteiger partial charge on any atom is -0.482 e. The smallest absolute Gasteiger partial charge is 0.340 e. The van der Waals surface area contributed by atoms with E-state index in [1.54, 1.807) is 30.3 Å². The number of carbonyl (C=O) groups excluding carboxylic acids is 2. The van der Waals surface area contributed by atoms with Gasteiger partial charge in [0, 0.05) is 4.88 Å². The first-order valence-electron chi connectivity index (χ1n) is 7.93. The Labute approximate surface area is 155 Å². The second kappa shape index (κ2) is 9.44. The van der Waals surface area contributed by atoms with Gasteiger partial charge in [-0.25, -0.2) is 4.79 Å². The van der Waals surface area contributed by atoms with Crippen LogP contribution in [0.4, 0.5) is 5.00 Å². The summed E-state index contributed by atoms with van der Waals surface area (Å²) in [7, 11) is 1.32. The lowest BCUT2D eigenvalue weighted by Crippen LogP contribution is -2.21. The van der Waals surface area contributed by atoms with Crippen LogP contribution in [-0.4, -0.2) is 25.6 Å². The fourth-order valence-electron chi connectivity index (χ4n) is 2.14. The number of methoxy groups -OCH3 is 1. The van der Waals surface area contributed by atoms with Crippen LogP contribution >= 0.6 is 22.9 Å². The third-order valence-electron chi connectivity index (χ3n) is 3.41. The van der Waals surface area contributed by atoms with E-state index >= 15 is 0 Å². The van der Waals surface area contributed by atoms with E-state index in [4.69, 9.17) is 21.1 Å². The van der Waals surface area contributed by atoms with Gasteiger partial charge in [0.2, 0.25) is 0 Å². The van der Waals surface area contributed by atoms with E-state index in [2.05, 4.69) is 12.2 Å². The Hall–Kier alpha value is -2.05. The third-order valence-corrected chi connectivity index (χ3v) is 4.84. The number of anilines is 1. The first-order chi connectivity index (χ1) is 12.0. The maximum Gasteiger partial charge on any atom is 0.340 e. The van der Waals surface area contributed by atoms with Gasteiger partial charge in [0.25, 0.3) is 5.91 Å². The summed E-state index contributed by atoms with van der Waals surface area (Å²) in [6.45, 7) is 1.90. The van der Waals surface area contributed by atoms with Crippen molar-refractivity contribution < 1.29 is 19.1 Å². The van der Waals surface area contributed by atoms with Crippen LogP contribution in [-0.2, 0) is 16.0 Å². The average molecular weight is 382 g/mol. The minimum atomic E-state index is -0.471. The summed E-state index contributed by atoms with van der Waals surface area (Å²) in [6, 6.07) is 8.69. The number of benzene rings is 1. The molecule has 5 nitrogen and oxygen atoms in total. The first-order valence-corrected chi connectivity index (χ1v) is 9.12. The van der Waals surface area contributed by atoms with Gasteiger partial charge in [-0.2, -0.15) is 0 Å². The van der Waals surface area contributed by atoms with Crippen molar-refractivity contribution >= 4 is 39.8 Å². The van der Waals surface area contributed by atoms with Crippen molar-refractivity contribution in [1.82, 2.24) is 0 Å². The lowest BCUT2D eigenvalue weighted by atomic mass is 10.2. The normalized spacial score (nSPS) is 10.4. The van der Waals surface area contributed by atoms with Gasteiger partial charge in [0.1, 0.15) is 10.8 Å². The predicted molar refractivity (Wildman–Crippen MR) is 99.8 cm³/mol. The number of amides is 1. The van der Waals surface area contributed by atoms with E-state index in [9.17, 15) is 9.59 Å². The topological polar surface area (TPSA) is 64.6 Å². The molecular formula is C18H20ClNO4S. The van der Waals surface area contributed by atoms with Gasteiger partial charge in [0.05, 0.1) is 17.7 Å². The van der Waals surface area contributed by atoms with E-state index in [0.29, 0.717) is 21.3 Å². The molecular weight excluding hydrogens is 362 g/mol. The molecule has 2 aromatic rings. The Kier molecular flexibility index (Phi) is 7.28. The Balaban J connectivity index is 2.04. The van der Waals surface area contributed by atoms with Gasteiger partial charge < -0.3 is 14.8 Å². The van der Waals surface area contributed by atoms with Gasteiger partial charge in [-0.3, -0.25) is 4.79 Å². The van der Waals surface area contributed by atoms with Crippen LogP contribution in [0.15, 0.2) is 30.3 Å². The predicted octanol–water partition coefficient (Wildman–Crippen LogP) is 4.55. The van der Waals surface area contributed by atoms with Crippen LogP contribution in [0.5, 0.6) is 5.75 Å². The fourth-order valence-corrected chi connectivity index (χ4v) is 3.43. The van der Waals surface area contributed by atoms with E-state index < -0.39 is 5.97 Å². The number of nitrogens with one attached hydrogen (secondary N) is 1. The Morgan fingerprint density at radius 1 is 1.28 bits per heavy atom. The minimum absolute atomic E-state index is 0.202. The Morgan fingerprint density at radius 3 is 2.72 bits per heavy atom. The zero-order valence-electron chi connectivity index (χ0n) is 14.1.